The van der Waals surface area contributed by atoms with Gasteiger partial charge in [-0.1, -0.05) is 6.07 Å². The minimum Gasteiger partial charge on any atom is -0.396 e. The van der Waals surface area contributed by atoms with Gasteiger partial charge < -0.3 is 22.1 Å². The monoisotopic (exact) mass is 250 g/mol. The Morgan fingerprint density at radius 1 is 1.28 bits per heavy atom. The van der Waals surface area contributed by atoms with Crippen molar-refractivity contribution in [3.05, 3.63) is 23.8 Å². The number of amides is 2. The average molecular weight is 250 g/mol. The Balaban J connectivity index is 3.24. The van der Waals surface area contributed by atoms with E-state index in [9.17, 15) is 9.59 Å². The van der Waals surface area contributed by atoms with E-state index in [4.69, 9.17) is 17.2 Å². The fourth-order valence-corrected chi connectivity index (χ4v) is 1.73. The number of rotatable bonds is 5. The van der Waals surface area contributed by atoms with Gasteiger partial charge in [-0.2, -0.15) is 0 Å². The lowest BCUT2D eigenvalue weighted by molar-refractivity contribution is -0.116. The first-order chi connectivity index (χ1) is 8.34. The molecule has 98 valence electrons. The number of carbonyl (C=O) groups excluding carboxylic acids is 2. The molecule has 0 saturated heterocycles. The van der Waals surface area contributed by atoms with Gasteiger partial charge in [0.25, 0.3) is 5.91 Å². The van der Waals surface area contributed by atoms with Gasteiger partial charge in [0.2, 0.25) is 5.91 Å². The molecule has 0 aromatic heterocycles. The summed E-state index contributed by atoms with van der Waals surface area (Å²) >= 11 is 0. The fraction of sp³-hybridized carbons (Fsp3) is 0.333. The van der Waals surface area contributed by atoms with Crippen LogP contribution in [0.1, 0.15) is 24.2 Å². The SMILES string of the molecule is CC(C)N(CC(N)=O)c1cccc(C(N)=O)c1N. The third-order valence-electron chi connectivity index (χ3n) is 2.61. The first kappa shape index (κ1) is 13.8. The van der Waals surface area contributed by atoms with E-state index >= 15 is 0 Å². The summed E-state index contributed by atoms with van der Waals surface area (Å²) in [5, 5.41) is 0. The van der Waals surface area contributed by atoms with Crippen molar-refractivity contribution in [2.24, 2.45) is 11.5 Å². The van der Waals surface area contributed by atoms with E-state index < -0.39 is 11.8 Å². The largest absolute Gasteiger partial charge is 0.396 e. The van der Waals surface area contributed by atoms with Gasteiger partial charge in [0.1, 0.15) is 0 Å². The van der Waals surface area contributed by atoms with E-state index in [1.165, 1.54) is 0 Å². The van der Waals surface area contributed by atoms with Crippen molar-refractivity contribution >= 4 is 23.2 Å². The Bertz CT molecular complexity index is 471. The number of nitrogens with two attached hydrogens (primary N) is 3. The molecule has 0 aliphatic heterocycles. The van der Waals surface area contributed by atoms with Crippen LogP contribution in [0.3, 0.4) is 0 Å². The first-order valence-corrected chi connectivity index (χ1v) is 5.57. The number of nitrogen functional groups attached to an aromatic ring is 1. The lowest BCUT2D eigenvalue weighted by Crippen LogP contribution is -2.39. The second-order valence-corrected chi connectivity index (χ2v) is 4.29. The molecule has 0 aliphatic rings. The molecule has 1 aromatic rings. The zero-order valence-corrected chi connectivity index (χ0v) is 10.5. The van der Waals surface area contributed by atoms with Crippen molar-refractivity contribution < 1.29 is 9.59 Å². The molecular weight excluding hydrogens is 232 g/mol. The Morgan fingerprint density at radius 3 is 2.33 bits per heavy atom. The predicted molar refractivity (Wildman–Crippen MR) is 71.0 cm³/mol. The minimum absolute atomic E-state index is 0.0166. The number of hydrogen-bond acceptors (Lipinski definition) is 4. The van der Waals surface area contributed by atoms with Crippen LogP contribution in [-0.2, 0) is 4.79 Å². The van der Waals surface area contributed by atoms with E-state index in [-0.39, 0.29) is 23.8 Å². The minimum atomic E-state index is -0.600. The summed E-state index contributed by atoms with van der Waals surface area (Å²) in [6.07, 6.45) is 0. The van der Waals surface area contributed by atoms with Gasteiger partial charge in [-0.25, -0.2) is 0 Å². The molecule has 2 amide bonds. The second-order valence-electron chi connectivity index (χ2n) is 4.29. The molecule has 0 fully saturated rings. The van der Waals surface area contributed by atoms with E-state index in [2.05, 4.69) is 0 Å². The number of nitrogens with zero attached hydrogens (tertiary/aromatic N) is 1. The summed E-state index contributed by atoms with van der Waals surface area (Å²) in [4.78, 5) is 24.0. The van der Waals surface area contributed by atoms with Crippen molar-refractivity contribution in [3.63, 3.8) is 0 Å². The van der Waals surface area contributed by atoms with Gasteiger partial charge in [-0.15, -0.1) is 0 Å². The van der Waals surface area contributed by atoms with Crippen molar-refractivity contribution in [1.29, 1.82) is 0 Å². The molecule has 0 heterocycles. The summed E-state index contributed by atoms with van der Waals surface area (Å²) < 4.78 is 0. The third-order valence-corrected chi connectivity index (χ3v) is 2.61. The zero-order valence-electron chi connectivity index (χ0n) is 10.5. The van der Waals surface area contributed by atoms with E-state index in [1.807, 2.05) is 13.8 Å². The highest BCUT2D eigenvalue weighted by atomic mass is 16.1. The zero-order chi connectivity index (χ0) is 13.9. The van der Waals surface area contributed by atoms with Crippen LogP contribution in [0.15, 0.2) is 18.2 Å². The number of para-hydroxylation sites is 1. The number of hydrogen-bond donors (Lipinski definition) is 3. The Kier molecular flexibility index (Phi) is 4.14. The van der Waals surface area contributed by atoms with E-state index in [0.29, 0.717) is 5.69 Å². The van der Waals surface area contributed by atoms with Crippen LogP contribution in [0.2, 0.25) is 0 Å². The van der Waals surface area contributed by atoms with E-state index in [0.717, 1.165) is 0 Å². The molecule has 0 spiro atoms. The normalized spacial score (nSPS) is 10.4. The maximum Gasteiger partial charge on any atom is 0.250 e. The quantitative estimate of drug-likeness (QED) is 0.641. The van der Waals surface area contributed by atoms with Crippen LogP contribution in [0.5, 0.6) is 0 Å². The molecule has 0 unspecified atom stereocenters. The lowest BCUT2D eigenvalue weighted by Gasteiger charge is -2.29. The summed E-state index contributed by atoms with van der Waals surface area (Å²) in [6.45, 7) is 3.84. The number of carbonyl (C=O) groups is 2. The van der Waals surface area contributed by atoms with Crippen LogP contribution in [0, 0.1) is 0 Å². The van der Waals surface area contributed by atoms with Crippen molar-refractivity contribution in [1.82, 2.24) is 0 Å². The van der Waals surface area contributed by atoms with Gasteiger partial charge in [-0.05, 0) is 26.0 Å². The van der Waals surface area contributed by atoms with Gasteiger partial charge in [0.05, 0.1) is 23.5 Å². The molecule has 0 atom stereocenters. The molecule has 0 saturated carbocycles. The third kappa shape index (κ3) is 2.91. The molecule has 6 heteroatoms. The molecule has 1 rings (SSSR count). The Morgan fingerprint density at radius 2 is 1.89 bits per heavy atom. The second kappa shape index (κ2) is 5.39. The van der Waals surface area contributed by atoms with Crippen LogP contribution in [-0.4, -0.2) is 24.4 Å². The van der Waals surface area contributed by atoms with Crippen molar-refractivity contribution in [3.8, 4) is 0 Å². The van der Waals surface area contributed by atoms with Gasteiger partial charge in [0, 0.05) is 6.04 Å². The van der Waals surface area contributed by atoms with Crippen LogP contribution in [0.25, 0.3) is 0 Å². The predicted octanol–water partition coefficient (Wildman–Crippen LogP) is 0.0678. The van der Waals surface area contributed by atoms with Crippen molar-refractivity contribution in [2.45, 2.75) is 19.9 Å². The molecule has 6 nitrogen and oxygen atoms in total. The van der Waals surface area contributed by atoms with Crippen LogP contribution >= 0.6 is 0 Å². The highest BCUT2D eigenvalue weighted by Gasteiger charge is 2.18. The summed E-state index contributed by atoms with van der Waals surface area (Å²) in [7, 11) is 0. The smallest absolute Gasteiger partial charge is 0.250 e. The highest BCUT2D eigenvalue weighted by molar-refractivity contribution is 6.01. The molecule has 0 radical (unpaired) electrons. The standard InChI is InChI=1S/C12H18N4O2/c1-7(2)16(6-10(13)17)9-5-3-4-8(11(9)14)12(15)18/h3-5,7H,6,14H2,1-2H3,(H2,13,17)(H2,15,18). The topological polar surface area (TPSA) is 115 Å². The van der Waals surface area contributed by atoms with Crippen molar-refractivity contribution in [2.75, 3.05) is 17.2 Å². The summed E-state index contributed by atoms with van der Waals surface area (Å²) in [6, 6.07) is 4.96. The van der Waals surface area contributed by atoms with E-state index in [1.54, 1.807) is 23.1 Å². The summed E-state index contributed by atoms with van der Waals surface area (Å²) in [5.74, 6) is -1.07. The molecular formula is C12H18N4O2. The molecule has 1 aromatic carbocycles. The van der Waals surface area contributed by atoms with Crippen LogP contribution in [0.4, 0.5) is 11.4 Å². The number of anilines is 2. The lowest BCUT2D eigenvalue weighted by atomic mass is 10.1. The molecule has 0 bridgehead atoms. The van der Waals surface area contributed by atoms with Crippen LogP contribution < -0.4 is 22.1 Å². The first-order valence-electron chi connectivity index (χ1n) is 5.57. The summed E-state index contributed by atoms with van der Waals surface area (Å²) in [5.41, 5.74) is 17.4. The number of benzene rings is 1. The molecule has 18 heavy (non-hydrogen) atoms. The average Bonchev–Trinajstić information content (AvgIpc) is 2.25. The Labute approximate surface area is 106 Å². The number of primary amides is 2. The Hall–Kier alpha value is -2.24. The van der Waals surface area contributed by atoms with Gasteiger partial charge >= 0.3 is 0 Å². The molecule has 0 aliphatic carbocycles. The fourth-order valence-electron chi connectivity index (χ4n) is 1.73. The maximum atomic E-state index is 11.2. The maximum absolute atomic E-state index is 11.2. The molecule has 6 N–H and O–H groups in total. The van der Waals surface area contributed by atoms with Gasteiger partial charge in [0.15, 0.2) is 0 Å². The van der Waals surface area contributed by atoms with Gasteiger partial charge in [-0.3, -0.25) is 9.59 Å². The highest BCUT2D eigenvalue weighted by Crippen LogP contribution is 2.27.